The van der Waals surface area contributed by atoms with Gasteiger partial charge in [-0.3, -0.25) is 0 Å². The standard InChI is InChI=1S/C7H4F3OPS/c8-7(9,10)5-1-3-6(4-2-5)11-12-13/h1-4H. The van der Waals surface area contributed by atoms with Crippen molar-refractivity contribution in [1.29, 1.82) is 0 Å². The SMILES string of the molecule is FC(F)(F)c1ccc(OP=S)cc1. The lowest BCUT2D eigenvalue weighted by atomic mass is 10.2. The van der Waals surface area contributed by atoms with E-state index in [2.05, 4.69) is 11.8 Å². The Labute approximate surface area is 79.4 Å². The van der Waals surface area contributed by atoms with Crippen molar-refractivity contribution >= 4 is 19.4 Å². The van der Waals surface area contributed by atoms with Crippen LogP contribution in [0.5, 0.6) is 5.75 Å². The molecule has 1 aromatic carbocycles. The largest absolute Gasteiger partial charge is 0.429 e. The van der Waals surface area contributed by atoms with Gasteiger partial charge in [0.1, 0.15) is 5.75 Å². The van der Waals surface area contributed by atoms with Crippen molar-refractivity contribution in [3.63, 3.8) is 0 Å². The van der Waals surface area contributed by atoms with Crippen LogP contribution in [0.4, 0.5) is 13.2 Å². The van der Waals surface area contributed by atoms with E-state index in [-0.39, 0.29) is 7.58 Å². The molecule has 0 bridgehead atoms. The van der Waals surface area contributed by atoms with Crippen LogP contribution in [0, 0.1) is 0 Å². The van der Waals surface area contributed by atoms with Gasteiger partial charge in [0.25, 0.3) is 0 Å². The Morgan fingerprint density at radius 1 is 1.15 bits per heavy atom. The molecule has 0 atom stereocenters. The van der Waals surface area contributed by atoms with Crippen LogP contribution in [-0.4, -0.2) is 0 Å². The molecule has 0 aliphatic carbocycles. The molecule has 0 spiro atoms. The highest BCUT2D eigenvalue weighted by Gasteiger charge is 2.29. The minimum absolute atomic E-state index is 0.245. The van der Waals surface area contributed by atoms with E-state index in [4.69, 9.17) is 4.52 Å². The fourth-order valence-electron chi connectivity index (χ4n) is 0.748. The van der Waals surface area contributed by atoms with Gasteiger partial charge in [0, 0.05) is 0 Å². The Morgan fingerprint density at radius 2 is 1.69 bits per heavy atom. The lowest BCUT2D eigenvalue weighted by Gasteiger charge is -2.06. The maximum atomic E-state index is 12.0. The third-order valence-corrected chi connectivity index (χ3v) is 1.83. The highest BCUT2D eigenvalue weighted by molar-refractivity contribution is 7.94. The molecule has 0 unspecified atom stereocenters. The topological polar surface area (TPSA) is 9.23 Å². The van der Waals surface area contributed by atoms with Gasteiger partial charge in [-0.25, -0.2) is 0 Å². The summed E-state index contributed by atoms with van der Waals surface area (Å²) in [5.74, 6) is 0.338. The van der Waals surface area contributed by atoms with E-state index < -0.39 is 11.7 Å². The van der Waals surface area contributed by atoms with Crippen LogP contribution in [0.15, 0.2) is 24.3 Å². The quantitative estimate of drug-likeness (QED) is 0.712. The molecule has 1 rings (SSSR count). The smallest absolute Gasteiger partial charge is 0.416 e. The van der Waals surface area contributed by atoms with Crippen LogP contribution in [0.25, 0.3) is 0 Å². The lowest BCUT2D eigenvalue weighted by molar-refractivity contribution is -0.137. The summed E-state index contributed by atoms with van der Waals surface area (Å²) in [5, 5.41) is 0. The number of hydrogen-bond donors (Lipinski definition) is 0. The van der Waals surface area contributed by atoms with E-state index in [0.29, 0.717) is 5.75 Å². The van der Waals surface area contributed by atoms with Gasteiger partial charge < -0.3 is 4.52 Å². The normalized spacial score (nSPS) is 11.6. The highest BCUT2D eigenvalue weighted by Crippen LogP contribution is 2.30. The van der Waals surface area contributed by atoms with E-state index in [1.807, 2.05) is 0 Å². The number of hydrogen-bond acceptors (Lipinski definition) is 2. The van der Waals surface area contributed by atoms with E-state index >= 15 is 0 Å². The summed E-state index contributed by atoms with van der Waals surface area (Å²) in [7, 11) is 0.245. The summed E-state index contributed by atoms with van der Waals surface area (Å²) in [6.45, 7) is 0. The predicted molar refractivity (Wildman–Crippen MR) is 46.4 cm³/mol. The average molecular weight is 224 g/mol. The minimum Gasteiger partial charge on any atom is -0.429 e. The van der Waals surface area contributed by atoms with Crippen molar-refractivity contribution < 1.29 is 17.7 Å². The fraction of sp³-hybridized carbons (Fsp3) is 0.143. The van der Waals surface area contributed by atoms with Crippen molar-refractivity contribution in [2.45, 2.75) is 6.18 Å². The van der Waals surface area contributed by atoms with Crippen LogP contribution in [-0.2, 0) is 18.0 Å². The molecule has 1 nitrogen and oxygen atoms in total. The molecule has 0 heterocycles. The fourth-order valence-corrected chi connectivity index (χ4v) is 1.21. The van der Waals surface area contributed by atoms with Gasteiger partial charge >= 0.3 is 6.18 Å². The molecule has 0 aliphatic rings. The zero-order valence-corrected chi connectivity index (χ0v) is 7.92. The molecule has 0 radical (unpaired) electrons. The highest BCUT2D eigenvalue weighted by atomic mass is 32.4. The number of rotatable bonds is 2. The maximum absolute atomic E-state index is 12.0. The van der Waals surface area contributed by atoms with E-state index in [0.717, 1.165) is 12.1 Å². The monoisotopic (exact) mass is 224 g/mol. The van der Waals surface area contributed by atoms with Gasteiger partial charge in [-0.05, 0) is 36.1 Å². The van der Waals surface area contributed by atoms with Crippen molar-refractivity contribution in [2.24, 2.45) is 0 Å². The Bertz CT molecular complexity index is 296. The molecule has 0 fully saturated rings. The summed E-state index contributed by atoms with van der Waals surface area (Å²) in [6, 6.07) is 4.38. The molecular formula is C7H4F3OPS. The molecule has 0 amide bonds. The predicted octanol–water partition coefficient (Wildman–Crippen LogP) is 3.41. The third kappa shape index (κ3) is 2.94. The summed E-state index contributed by atoms with van der Waals surface area (Å²) in [6.07, 6.45) is -4.30. The first-order valence-electron chi connectivity index (χ1n) is 3.21. The second kappa shape index (κ2) is 4.03. The van der Waals surface area contributed by atoms with E-state index in [1.165, 1.54) is 12.1 Å². The first kappa shape index (κ1) is 10.4. The number of benzene rings is 1. The Balaban J connectivity index is 2.87. The van der Waals surface area contributed by atoms with E-state index in [1.54, 1.807) is 0 Å². The van der Waals surface area contributed by atoms with Crippen molar-refractivity contribution in [2.75, 3.05) is 0 Å². The van der Waals surface area contributed by atoms with Crippen LogP contribution in [0.1, 0.15) is 5.56 Å². The molecule has 70 valence electrons. The summed E-state index contributed by atoms with van der Waals surface area (Å²) in [4.78, 5) is 0. The van der Waals surface area contributed by atoms with Crippen LogP contribution >= 0.6 is 7.58 Å². The molecule has 0 aromatic heterocycles. The van der Waals surface area contributed by atoms with E-state index in [9.17, 15) is 13.2 Å². The average Bonchev–Trinajstić information content (AvgIpc) is 2.04. The molecule has 1 aromatic rings. The summed E-state index contributed by atoms with van der Waals surface area (Å²) < 4.78 is 40.9. The minimum atomic E-state index is -4.30. The van der Waals surface area contributed by atoms with Crippen molar-refractivity contribution in [3.05, 3.63) is 29.8 Å². The Morgan fingerprint density at radius 3 is 2.08 bits per heavy atom. The Hall–Kier alpha value is -0.670. The zero-order chi connectivity index (χ0) is 9.90. The second-order valence-corrected chi connectivity index (χ2v) is 2.97. The van der Waals surface area contributed by atoms with Gasteiger partial charge in [0.2, 0.25) is 7.58 Å². The molecule has 0 aliphatic heterocycles. The third-order valence-electron chi connectivity index (χ3n) is 1.32. The number of alkyl halides is 3. The molecule has 0 saturated heterocycles. The molecular weight excluding hydrogens is 220 g/mol. The lowest BCUT2D eigenvalue weighted by Crippen LogP contribution is -2.03. The Kier molecular flexibility index (Phi) is 3.22. The van der Waals surface area contributed by atoms with Gasteiger partial charge in [-0.15, -0.1) is 0 Å². The van der Waals surface area contributed by atoms with Gasteiger partial charge in [0.05, 0.1) is 5.56 Å². The first-order chi connectivity index (χ1) is 6.04. The molecule has 13 heavy (non-hydrogen) atoms. The van der Waals surface area contributed by atoms with Gasteiger partial charge in [0.15, 0.2) is 0 Å². The molecule has 0 saturated carbocycles. The molecule has 6 heteroatoms. The van der Waals surface area contributed by atoms with Crippen LogP contribution < -0.4 is 4.52 Å². The van der Waals surface area contributed by atoms with Gasteiger partial charge in [-0.2, -0.15) is 13.2 Å². The first-order valence-corrected chi connectivity index (χ1v) is 5.03. The van der Waals surface area contributed by atoms with Crippen LogP contribution in [0.2, 0.25) is 0 Å². The molecule has 0 N–H and O–H groups in total. The van der Waals surface area contributed by atoms with Crippen molar-refractivity contribution in [1.82, 2.24) is 0 Å². The maximum Gasteiger partial charge on any atom is 0.416 e. The zero-order valence-electron chi connectivity index (χ0n) is 6.21. The van der Waals surface area contributed by atoms with Crippen LogP contribution in [0.3, 0.4) is 0 Å². The van der Waals surface area contributed by atoms with Crippen molar-refractivity contribution in [3.8, 4) is 5.75 Å². The summed E-state index contributed by atoms with van der Waals surface area (Å²) >= 11 is 4.47. The second-order valence-electron chi connectivity index (χ2n) is 2.19. The van der Waals surface area contributed by atoms with Gasteiger partial charge in [-0.1, -0.05) is 0 Å². The summed E-state index contributed by atoms with van der Waals surface area (Å²) in [5.41, 5.74) is -0.694. The number of halogens is 3.